The highest BCUT2D eigenvalue weighted by molar-refractivity contribution is 6.04. The van der Waals surface area contributed by atoms with Crippen molar-refractivity contribution in [3.63, 3.8) is 0 Å². The summed E-state index contributed by atoms with van der Waals surface area (Å²) in [5.74, 6) is 4.21. The summed E-state index contributed by atoms with van der Waals surface area (Å²) in [4.78, 5) is 9.92. The fourth-order valence-electron chi connectivity index (χ4n) is 4.62. The lowest BCUT2D eigenvalue weighted by molar-refractivity contribution is 0.167. The second-order valence-corrected chi connectivity index (χ2v) is 8.66. The topological polar surface area (TPSA) is 91.8 Å². The van der Waals surface area contributed by atoms with E-state index in [1.54, 1.807) is 7.11 Å². The molecule has 164 valence electrons. The van der Waals surface area contributed by atoms with Gasteiger partial charge in [-0.25, -0.2) is 10.1 Å². The molecule has 9 heteroatoms. The van der Waals surface area contributed by atoms with Crippen LogP contribution >= 0.6 is 0 Å². The number of amidine groups is 1. The van der Waals surface area contributed by atoms with Crippen LogP contribution < -0.4 is 9.47 Å². The number of nitrogens with one attached hydrogen (secondary N) is 1. The molecule has 1 aliphatic carbocycles. The normalized spacial score (nSPS) is 19.3. The fraction of sp³-hybridized carbons (Fsp3) is 0.391. The van der Waals surface area contributed by atoms with Gasteiger partial charge in [-0.15, -0.1) is 5.10 Å². The first-order valence-corrected chi connectivity index (χ1v) is 11.0. The third-order valence-electron chi connectivity index (χ3n) is 6.64. The Labute approximate surface area is 186 Å². The number of hydrogen-bond donors (Lipinski definition) is 1. The molecular weight excluding hydrogens is 406 g/mol. The second kappa shape index (κ2) is 7.59. The van der Waals surface area contributed by atoms with Crippen LogP contribution in [0.4, 0.5) is 5.69 Å². The summed E-state index contributed by atoms with van der Waals surface area (Å²) in [7, 11) is 1.68. The number of para-hydroxylation sites is 2. The maximum atomic E-state index is 6.23. The molecule has 6 rings (SSSR count). The van der Waals surface area contributed by atoms with E-state index in [2.05, 4.69) is 30.4 Å². The third-order valence-corrected chi connectivity index (χ3v) is 6.64. The van der Waals surface area contributed by atoms with E-state index in [4.69, 9.17) is 14.5 Å². The van der Waals surface area contributed by atoms with Gasteiger partial charge in [0.25, 0.3) is 0 Å². The maximum Gasteiger partial charge on any atom is 0.155 e. The number of ether oxygens (including phenoxy) is 2. The standard InChI is InChI=1S/C23H25N7O2/c1-31-16-6-7-19-17(14-16)21(24-18-4-2-3-5-20(18)32-19)30-12-10-29(11-13-30)15-23(8-9-23)22-25-27-28-26-22/h2-7,14H,8-13,15H2,1H3,(H,25,26,27,28). The molecule has 0 spiro atoms. The Morgan fingerprint density at radius 3 is 2.66 bits per heavy atom. The zero-order chi connectivity index (χ0) is 21.5. The number of hydrogen-bond acceptors (Lipinski definition) is 8. The van der Waals surface area contributed by atoms with E-state index in [9.17, 15) is 0 Å². The molecule has 3 aromatic rings. The smallest absolute Gasteiger partial charge is 0.155 e. The number of benzene rings is 2. The van der Waals surface area contributed by atoms with E-state index >= 15 is 0 Å². The molecule has 0 unspecified atom stereocenters. The molecule has 0 bridgehead atoms. The van der Waals surface area contributed by atoms with E-state index in [-0.39, 0.29) is 5.41 Å². The van der Waals surface area contributed by atoms with Gasteiger partial charge in [-0.2, -0.15) is 0 Å². The lowest BCUT2D eigenvalue weighted by Crippen LogP contribution is -2.50. The van der Waals surface area contributed by atoms with Crippen molar-refractivity contribution in [1.82, 2.24) is 30.4 Å². The zero-order valence-electron chi connectivity index (χ0n) is 18.0. The van der Waals surface area contributed by atoms with E-state index in [1.165, 1.54) is 0 Å². The Balaban J connectivity index is 1.25. The van der Waals surface area contributed by atoms with Crippen LogP contribution in [0.15, 0.2) is 47.5 Å². The van der Waals surface area contributed by atoms with Gasteiger partial charge in [0.15, 0.2) is 11.6 Å². The van der Waals surface area contributed by atoms with Crippen LogP contribution in [-0.4, -0.2) is 76.1 Å². The summed E-state index contributed by atoms with van der Waals surface area (Å²) in [5.41, 5.74) is 1.90. The zero-order valence-corrected chi connectivity index (χ0v) is 18.0. The van der Waals surface area contributed by atoms with Crippen LogP contribution in [0.3, 0.4) is 0 Å². The first-order chi connectivity index (χ1) is 15.7. The summed E-state index contributed by atoms with van der Waals surface area (Å²) in [5, 5.41) is 14.7. The molecule has 2 aliphatic heterocycles. The molecule has 2 aromatic carbocycles. The van der Waals surface area contributed by atoms with Crippen molar-refractivity contribution in [1.29, 1.82) is 0 Å². The van der Waals surface area contributed by atoms with Gasteiger partial charge >= 0.3 is 0 Å². The second-order valence-electron chi connectivity index (χ2n) is 8.66. The lowest BCUT2D eigenvalue weighted by Gasteiger charge is -2.37. The molecule has 0 amide bonds. The molecule has 1 aromatic heterocycles. The Morgan fingerprint density at radius 1 is 1.06 bits per heavy atom. The largest absolute Gasteiger partial charge is 0.497 e. The van der Waals surface area contributed by atoms with Crippen LogP contribution in [-0.2, 0) is 5.41 Å². The van der Waals surface area contributed by atoms with Gasteiger partial charge in [-0.3, -0.25) is 4.90 Å². The van der Waals surface area contributed by atoms with Gasteiger partial charge in [0.1, 0.15) is 23.0 Å². The minimum atomic E-state index is 0.0955. The molecule has 3 heterocycles. The van der Waals surface area contributed by atoms with E-state index in [1.807, 2.05) is 42.5 Å². The van der Waals surface area contributed by atoms with Crippen molar-refractivity contribution in [2.75, 3.05) is 39.8 Å². The Bertz CT molecular complexity index is 1150. The highest BCUT2D eigenvalue weighted by atomic mass is 16.5. The van der Waals surface area contributed by atoms with Gasteiger partial charge < -0.3 is 14.4 Å². The molecule has 9 nitrogen and oxygen atoms in total. The number of nitrogens with zero attached hydrogens (tertiary/aromatic N) is 6. The van der Waals surface area contributed by atoms with Gasteiger partial charge in [0, 0.05) is 38.1 Å². The van der Waals surface area contributed by atoms with Crippen LogP contribution in [0.25, 0.3) is 0 Å². The Kier molecular flexibility index (Phi) is 4.57. The van der Waals surface area contributed by atoms with E-state index in [0.29, 0.717) is 0 Å². The van der Waals surface area contributed by atoms with Crippen LogP contribution in [0.1, 0.15) is 24.2 Å². The van der Waals surface area contributed by atoms with E-state index < -0.39 is 0 Å². The number of fused-ring (bicyclic) bond motifs is 2. The van der Waals surface area contributed by atoms with Crippen molar-refractivity contribution >= 4 is 11.5 Å². The van der Waals surface area contributed by atoms with Crippen molar-refractivity contribution in [2.45, 2.75) is 18.3 Å². The molecular formula is C23H25N7O2. The first kappa shape index (κ1) is 19.2. The minimum absolute atomic E-state index is 0.0955. The molecule has 1 saturated heterocycles. The fourth-order valence-corrected chi connectivity index (χ4v) is 4.62. The highest BCUT2D eigenvalue weighted by Crippen LogP contribution is 2.47. The number of H-pyrrole nitrogens is 1. The Hall–Kier alpha value is -3.46. The lowest BCUT2D eigenvalue weighted by atomic mass is 10.1. The van der Waals surface area contributed by atoms with E-state index in [0.717, 1.165) is 85.7 Å². The molecule has 0 radical (unpaired) electrons. The number of tetrazole rings is 1. The predicted molar refractivity (Wildman–Crippen MR) is 119 cm³/mol. The molecule has 1 N–H and O–H groups in total. The monoisotopic (exact) mass is 431 g/mol. The quantitative estimate of drug-likeness (QED) is 0.679. The average molecular weight is 432 g/mol. The van der Waals surface area contributed by atoms with Crippen molar-refractivity contribution in [3.8, 4) is 17.2 Å². The molecule has 2 fully saturated rings. The van der Waals surface area contributed by atoms with Crippen molar-refractivity contribution < 1.29 is 9.47 Å². The molecule has 1 saturated carbocycles. The van der Waals surface area contributed by atoms with Gasteiger partial charge in [0.2, 0.25) is 0 Å². The third kappa shape index (κ3) is 3.38. The summed E-state index contributed by atoms with van der Waals surface area (Å²) in [6, 6.07) is 13.8. The summed E-state index contributed by atoms with van der Waals surface area (Å²) >= 11 is 0. The van der Waals surface area contributed by atoms with Crippen molar-refractivity contribution in [3.05, 3.63) is 53.9 Å². The first-order valence-electron chi connectivity index (χ1n) is 11.0. The Morgan fingerprint density at radius 2 is 1.91 bits per heavy atom. The van der Waals surface area contributed by atoms with Crippen LogP contribution in [0.2, 0.25) is 0 Å². The number of piperazine rings is 1. The van der Waals surface area contributed by atoms with Gasteiger partial charge in [-0.05, 0) is 53.6 Å². The number of aromatic nitrogens is 4. The summed E-state index contributed by atoms with van der Waals surface area (Å²) in [6.07, 6.45) is 2.27. The van der Waals surface area contributed by atoms with Gasteiger partial charge in [0.05, 0.1) is 12.7 Å². The molecule has 32 heavy (non-hydrogen) atoms. The van der Waals surface area contributed by atoms with Crippen molar-refractivity contribution in [2.24, 2.45) is 4.99 Å². The molecule has 0 atom stereocenters. The number of aliphatic imine (C=N–C) groups is 1. The summed E-state index contributed by atoms with van der Waals surface area (Å²) in [6.45, 7) is 4.69. The maximum absolute atomic E-state index is 6.23. The molecule has 3 aliphatic rings. The number of methoxy groups -OCH3 is 1. The van der Waals surface area contributed by atoms with Crippen LogP contribution in [0, 0.1) is 0 Å². The highest BCUT2D eigenvalue weighted by Gasteiger charge is 2.48. The predicted octanol–water partition coefficient (Wildman–Crippen LogP) is 2.74. The summed E-state index contributed by atoms with van der Waals surface area (Å²) < 4.78 is 11.7. The average Bonchev–Trinajstić information content (AvgIpc) is 3.43. The SMILES string of the molecule is COc1ccc2c(c1)C(N1CCN(CC3(c4nnn[nH]4)CC3)CC1)=Nc1ccccc1O2. The van der Waals surface area contributed by atoms with Crippen LogP contribution in [0.5, 0.6) is 17.2 Å². The number of aromatic amines is 1. The minimum Gasteiger partial charge on any atom is -0.497 e. The van der Waals surface area contributed by atoms with Gasteiger partial charge in [-0.1, -0.05) is 12.1 Å². The number of rotatable bonds is 4.